The average molecular weight is 321 g/mol. The fourth-order valence-corrected chi connectivity index (χ4v) is 2.66. The topological polar surface area (TPSA) is 56.1 Å². The first-order chi connectivity index (χ1) is 11.4. The Kier molecular flexibility index (Phi) is 5.73. The molecule has 0 aromatic heterocycles. The third-order valence-electron chi connectivity index (χ3n) is 4.05. The quantitative estimate of drug-likeness (QED) is 0.919. The van der Waals surface area contributed by atoms with E-state index in [0.29, 0.717) is 5.56 Å². The van der Waals surface area contributed by atoms with E-state index in [1.807, 2.05) is 44.2 Å². The Morgan fingerprint density at radius 2 is 1.75 bits per heavy atom. The minimum absolute atomic E-state index is 0.0618. The molecule has 0 fully saturated rings. The predicted molar refractivity (Wildman–Crippen MR) is 96.3 cm³/mol. The van der Waals surface area contributed by atoms with Crippen LogP contribution in [0, 0.1) is 11.3 Å². The first-order valence-corrected chi connectivity index (χ1v) is 8.00. The van der Waals surface area contributed by atoms with Gasteiger partial charge in [-0.05, 0) is 42.7 Å². The molecule has 0 unspecified atom stereocenters. The van der Waals surface area contributed by atoms with Crippen LogP contribution in [0.1, 0.15) is 31.0 Å². The van der Waals surface area contributed by atoms with Crippen LogP contribution in [0.3, 0.4) is 0 Å². The van der Waals surface area contributed by atoms with E-state index in [-0.39, 0.29) is 18.0 Å². The van der Waals surface area contributed by atoms with Crippen molar-refractivity contribution in [1.29, 1.82) is 5.26 Å². The van der Waals surface area contributed by atoms with Gasteiger partial charge in [-0.3, -0.25) is 10.1 Å². The van der Waals surface area contributed by atoms with E-state index in [9.17, 15) is 4.79 Å². The summed E-state index contributed by atoms with van der Waals surface area (Å²) in [6.07, 6.45) is 0. The Labute approximate surface area is 143 Å². The molecule has 0 aliphatic heterocycles. The van der Waals surface area contributed by atoms with E-state index in [0.717, 1.165) is 16.7 Å². The summed E-state index contributed by atoms with van der Waals surface area (Å²) in [7, 11) is 3.52. The fraction of sp³-hybridized carbons (Fsp3) is 0.300. The highest BCUT2D eigenvalue weighted by molar-refractivity contribution is 5.81. The monoisotopic (exact) mass is 321 g/mol. The van der Waals surface area contributed by atoms with Gasteiger partial charge in [0.15, 0.2) is 0 Å². The van der Waals surface area contributed by atoms with E-state index < -0.39 is 0 Å². The molecule has 24 heavy (non-hydrogen) atoms. The largest absolute Gasteiger partial charge is 0.347 e. The highest BCUT2D eigenvalue weighted by Crippen LogP contribution is 2.23. The fourth-order valence-electron chi connectivity index (χ4n) is 2.66. The maximum atomic E-state index is 11.9. The highest BCUT2D eigenvalue weighted by Gasteiger charge is 2.17. The maximum Gasteiger partial charge on any atom is 0.238 e. The van der Waals surface area contributed by atoms with E-state index in [1.54, 1.807) is 25.1 Å². The second kappa shape index (κ2) is 7.76. The molecule has 1 amide bonds. The molecule has 0 aliphatic rings. The zero-order chi connectivity index (χ0) is 17.7. The molecular formula is C20H23N3O. The number of nitrogens with one attached hydrogen (secondary N) is 1. The molecule has 0 spiro atoms. The van der Waals surface area contributed by atoms with Crippen molar-refractivity contribution in [2.45, 2.75) is 25.9 Å². The smallest absolute Gasteiger partial charge is 0.238 e. The summed E-state index contributed by atoms with van der Waals surface area (Å²) < 4.78 is 0. The lowest BCUT2D eigenvalue weighted by molar-refractivity contribution is -0.130. The standard InChI is InChI=1S/C20H23N3O/c1-14(22-15(2)20(24)23(3)4)17-8-10-18(11-9-17)19-7-5-6-16(12-19)13-21/h5-12,14-15,22H,1-4H3/t14-,15+/m1/s1. The van der Waals surface area contributed by atoms with Crippen LogP contribution < -0.4 is 5.32 Å². The summed E-state index contributed by atoms with van der Waals surface area (Å²) >= 11 is 0. The Morgan fingerprint density at radius 3 is 2.33 bits per heavy atom. The highest BCUT2D eigenvalue weighted by atomic mass is 16.2. The zero-order valence-corrected chi connectivity index (χ0v) is 14.6. The molecule has 0 heterocycles. The molecule has 0 aliphatic carbocycles. The Balaban J connectivity index is 2.11. The molecular weight excluding hydrogens is 298 g/mol. The van der Waals surface area contributed by atoms with Crippen molar-refractivity contribution in [1.82, 2.24) is 10.2 Å². The summed E-state index contributed by atoms with van der Waals surface area (Å²) in [4.78, 5) is 13.5. The lowest BCUT2D eigenvalue weighted by Gasteiger charge is -2.22. The maximum absolute atomic E-state index is 11.9. The third kappa shape index (κ3) is 4.21. The summed E-state index contributed by atoms with van der Waals surface area (Å²) in [5.74, 6) is 0.0618. The molecule has 2 aromatic rings. The van der Waals surface area contributed by atoms with Crippen molar-refractivity contribution in [3.05, 3.63) is 59.7 Å². The lowest BCUT2D eigenvalue weighted by Crippen LogP contribution is -2.42. The van der Waals surface area contributed by atoms with Crippen molar-refractivity contribution in [2.75, 3.05) is 14.1 Å². The molecule has 0 bridgehead atoms. The molecule has 1 N–H and O–H groups in total. The van der Waals surface area contributed by atoms with Gasteiger partial charge in [0.25, 0.3) is 0 Å². The van der Waals surface area contributed by atoms with E-state index in [4.69, 9.17) is 5.26 Å². The predicted octanol–water partition coefficient (Wildman–Crippen LogP) is 3.35. The number of amides is 1. The number of hydrogen-bond donors (Lipinski definition) is 1. The lowest BCUT2D eigenvalue weighted by atomic mass is 10.00. The molecule has 4 heteroatoms. The molecule has 0 saturated heterocycles. The summed E-state index contributed by atoms with van der Waals surface area (Å²) in [5, 5.41) is 12.3. The van der Waals surface area contributed by atoms with Gasteiger partial charge in [0.1, 0.15) is 0 Å². The number of nitriles is 1. The van der Waals surface area contributed by atoms with Crippen molar-refractivity contribution < 1.29 is 4.79 Å². The number of rotatable bonds is 5. The minimum Gasteiger partial charge on any atom is -0.347 e. The van der Waals surface area contributed by atoms with Gasteiger partial charge in [-0.1, -0.05) is 36.4 Å². The Hall–Kier alpha value is -2.64. The summed E-state index contributed by atoms with van der Waals surface area (Å²) in [5.41, 5.74) is 3.87. The van der Waals surface area contributed by atoms with Gasteiger partial charge in [0.2, 0.25) is 5.91 Å². The van der Waals surface area contributed by atoms with Gasteiger partial charge in [-0.15, -0.1) is 0 Å². The van der Waals surface area contributed by atoms with E-state index in [1.165, 1.54) is 0 Å². The Morgan fingerprint density at radius 1 is 1.08 bits per heavy atom. The number of carbonyl (C=O) groups excluding carboxylic acids is 1. The Bertz CT molecular complexity index is 744. The van der Waals surface area contributed by atoms with Crippen LogP contribution in [-0.2, 0) is 4.79 Å². The first kappa shape index (κ1) is 17.7. The molecule has 0 radical (unpaired) electrons. The zero-order valence-electron chi connectivity index (χ0n) is 14.6. The van der Waals surface area contributed by atoms with Gasteiger partial charge in [-0.25, -0.2) is 0 Å². The molecule has 124 valence electrons. The van der Waals surface area contributed by atoms with Crippen LogP contribution >= 0.6 is 0 Å². The van der Waals surface area contributed by atoms with Crippen LogP contribution in [0.15, 0.2) is 48.5 Å². The van der Waals surface area contributed by atoms with Gasteiger partial charge in [0.05, 0.1) is 17.7 Å². The SMILES string of the molecule is C[C@H](N[C@H](C)c1ccc(-c2cccc(C#N)c2)cc1)C(=O)N(C)C. The van der Waals surface area contributed by atoms with Crippen molar-refractivity contribution in [3.8, 4) is 17.2 Å². The van der Waals surface area contributed by atoms with Crippen molar-refractivity contribution in [2.24, 2.45) is 0 Å². The van der Waals surface area contributed by atoms with Crippen LogP contribution in [0.25, 0.3) is 11.1 Å². The number of benzene rings is 2. The molecule has 4 nitrogen and oxygen atoms in total. The first-order valence-electron chi connectivity index (χ1n) is 8.00. The van der Waals surface area contributed by atoms with Crippen LogP contribution in [0.5, 0.6) is 0 Å². The van der Waals surface area contributed by atoms with E-state index in [2.05, 4.69) is 23.5 Å². The number of hydrogen-bond acceptors (Lipinski definition) is 3. The normalized spacial score (nSPS) is 13.0. The van der Waals surface area contributed by atoms with E-state index >= 15 is 0 Å². The summed E-state index contributed by atoms with van der Waals surface area (Å²) in [6.45, 7) is 3.92. The molecule has 2 aromatic carbocycles. The van der Waals surface area contributed by atoms with Gasteiger partial charge in [0, 0.05) is 20.1 Å². The molecule has 2 atom stereocenters. The minimum atomic E-state index is -0.234. The second-order valence-corrected chi connectivity index (χ2v) is 6.16. The van der Waals surface area contributed by atoms with Crippen molar-refractivity contribution in [3.63, 3.8) is 0 Å². The molecule has 0 saturated carbocycles. The molecule has 2 rings (SSSR count). The van der Waals surface area contributed by atoms with Crippen LogP contribution in [0.2, 0.25) is 0 Å². The number of nitrogens with zero attached hydrogens (tertiary/aromatic N) is 2. The summed E-state index contributed by atoms with van der Waals surface area (Å²) in [6, 6.07) is 17.8. The average Bonchev–Trinajstić information content (AvgIpc) is 2.61. The van der Waals surface area contributed by atoms with Crippen LogP contribution in [-0.4, -0.2) is 30.9 Å². The van der Waals surface area contributed by atoms with Crippen LogP contribution in [0.4, 0.5) is 0 Å². The van der Waals surface area contributed by atoms with Crippen molar-refractivity contribution >= 4 is 5.91 Å². The third-order valence-corrected chi connectivity index (χ3v) is 4.05. The second-order valence-electron chi connectivity index (χ2n) is 6.16. The number of likely N-dealkylation sites (N-methyl/N-ethyl adjacent to an activating group) is 1. The number of carbonyl (C=O) groups is 1. The van der Waals surface area contributed by atoms with Gasteiger partial charge < -0.3 is 4.90 Å². The van der Waals surface area contributed by atoms with Gasteiger partial charge in [-0.2, -0.15) is 5.26 Å². The van der Waals surface area contributed by atoms with Gasteiger partial charge >= 0.3 is 0 Å².